The molecule has 29 heavy (non-hydrogen) atoms. The Hall–Kier alpha value is -2.50. The van der Waals surface area contributed by atoms with Crippen molar-refractivity contribution < 1.29 is 8.42 Å². The Morgan fingerprint density at radius 2 is 1.52 bits per heavy atom. The zero-order valence-electron chi connectivity index (χ0n) is 17.0. The van der Waals surface area contributed by atoms with Crippen LogP contribution in [-0.4, -0.2) is 27.2 Å². The van der Waals surface area contributed by atoms with E-state index in [1.165, 1.54) is 22.1 Å². The first-order valence-corrected chi connectivity index (χ1v) is 14.5. The van der Waals surface area contributed by atoms with Gasteiger partial charge in [-0.25, -0.2) is 13.4 Å². The van der Waals surface area contributed by atoms with Gasteiger partial charge in [0.2, 0.25) is 0 Å². The third kappa shape index (κ3) is 5.52. The highest BCUT2D eigenvalue weighted by Crippen LogP contribution is 2.22. The van der Waals surface area contributed by atoms with E-state index >= 15 is 0 Å². The fourth-order valence-electron chi connectivity index (χ4n) is 3.46. The average Bonchev–Trinajstić information content (AvgIpc) is 2.75. The van der Waals surface area contributed by atoms with Crippen molar-refractivity contribution in [2.24, 2.45) is 0 Å². The number of aromatic nitrogens is 1. The molecule has 150 valence electrons. The van der Waals surface area contributed by atoms with E-state index in [0.717, 1.165) is 12.8 Å². The lowest BCUT2D eigenvalue weighted by Gasteiger charge is -2.27. The SMILES string of the molecule is C[Si](C)(/C(=C/CS(=O)(=O)c1ccccn1)CCc1ccccc1)c1ccccc1. The van der Waals surface area contributed by atoms with Gasteiger partial charge in [-0.05, 0) is 30.5 Å². The number of aryl methyl sites for hydroxylation is 1. The molecule has 3 aromatic rings. The first-order chi connectivity index (χ1) is 13.9. The summed E-state index contributed by atoms with van der Waals surface area (Å²) in [7, 11) is -5.43. The Kier molecular flexibility index (Phi) is 6.82. The van der Waals surface area contributed by atoms with Crippen molar-refractivity contribution in [3.8, 4) is 0 Å². The van der Waals surface area contributed by atoms with Gasteiger partial charge in [-0.3, -0.25) is 0 Å². The molecule has 0 N–H and O–H groups in total. The largest absolute Gasteiger partial charge is 0.245 e. The zero-order chi connectivity index (χ0) is 20.7. The number of hydrogen-bond donors (Lipinski definition) is 0. The third-order valence-electron chi connectivity index (χ3n) is 5.33. The van der Waals surface area contributed by atoms with Crippen LogP contribution in [0.5, 0.6) is 0 Å². The van der Waals surface area contributed by atoms with Crippen molar-refractivity contribution >= 4 is 23.1 Å². The van der Waals surface area contributed by atoms with Crippen LogP contribution in [0.2, 0.25) is 13.1 Å². The first-order valence-electron chi connectivity index (χ1n) is 9.82. The van der Waals surface area contributed by atoms with E-state index in [4.69, 9.17) is 0 Å². The summed E-state index contributed by atoms with van der Waals surface area (Å²) < 4.78 is 25.6. The molecule has 5 heteroatoms. The normalized spacial score (nSPS) is 12.7. The van der Waals surface area contributed by atoms with Crippen LogP contribution >= 0.6 is 0 Å². The predicted molar refractivity (Wildman–Crippen MR) is 123 cm³/mol. The van der Waals surface area contributed by atoms with Gasteiger partial charge in [0.05, 0.1) is 5.75 Å². The third-order valence-corrected chi connectivity index (χ3v) is 10.7. The fraction of sp³-hybridized carbons (Fsp3) is 0.208. The number of sulfone groups is 1. The molecule has 0 unspecified atom stereocenters. The van der Waals surface area contributed by atoms with Gasteiger partial charge in [0.15, 0.2) is 14.9 Å². The Balaban J connectivity index is 1.90. The molecule has 1 heterocycles. The van der Waals surface area contributed by atoms with E-state index in [0.29, 0.717) is 0 Å². The molecule has 0 bridgehead atoms. The van der Waals surface area contributed by atoms with E-state index in [1.807, 2.05) is 30.3 Å². The van der Waals surface area contributed by atoms with Crippen molar-refractivity contribution in [2.45, 2.75) is 31.0 Å². The highest BCUT2D eigenvalue weighted by Gasteiger charge is 2.28. The monoisotopic (exact) mass is 421 g/mol. The molecule has 0 radical (unpaired) electrons. The lowest BCUT2D eigenvalue weighted by molar-refractivity contribution is 0.595. The summed E-state index contributed by atoms with van der Waals surface area (Å²) in [5, 5.41) is 2.71. The number of benzene rings is 2. The van der Waals surface area contributed by atoms with Crippen LogP contribution in [0.15, 0.2) is 101 Å². The van der Waals surface area contributed by atoms with E-state index < -0.39 is 17.9 Å². The second kappa shape index (κ2) is 9.33. The van der Waals surface area contributed by atoms with Crippen LogP contribution < -0.4 is 5.19 Å². The standard InChI is InChI=1S/C24H27NO2SSi/c1-29(2,22-13-7-4-8-14-22)23(17-16-21-11-5-3-6-12-21)18-20-28(26,27)24-15-9-10-19-25-24/h3-15,18-19H,16-17,20H2,1-2H3/b23-18+. The van der Waals surface area contributed by atoms with Crippen LogP contribution in [0.25, 0.3) is 0 Å². The maximum absolute atomic E-state index is 12.8. The summed E-state index contributed by atoms with van der Waals surface area (Å²) in [6.07, 6.45) is 5.23. The molecule has 0 aliphatic rings. The second-order valence-corrected chi connectivity index (χ2v) is 14.1. The molecule has 2 aromatic carbocycles. The molecule has 0 saturated heterocycles. The van der Waals surface area contributed by atoms with Gasteiger partial charge in [-0.15, -0.1) is 0 Å². The molecular weight excluding hydrogens is 394 g/mol. The van der Waals surface area contributed by atoms with E-state index in [2.05, 4.69) is 54.5 Å². The van der Waals surface area contributed by atoms with Gasteiger partial charge in [0.25, 0.3) is 0 Å². The number of rotatable bonds is 8. The lowest BCUT2D eigenvalue weighted by atomic mass is 10.1. The maximum Gasteiger partial charge on any atom is 0.199 e. The summed E-state index contributed by atoms with van der Waals surface area (Å²) in [4.78, 5) is 4.04. The molecule has 3 rings (SSSR count). The van der Waals surface area contributed by atoms with E-state index in [1.54, 1.807) is 18.2 Å². The topological polar surface area (TPSA) is 47.0 Å². The van der Waals surface area contributed by atoms with Crippen molar-refractivity contribution in [1.29, 1.82) is 0 Å². The summed E-state index contributed by atoms with van der Waals surface area (Å²) in [6.45, 7) is 4.60. The molecule has 0 aliphatic carbocycles. The van der Waals surface area contributed by atoms with Gasteiger partial charge >= 0.3 is 0 Å². The zero-order valence-corrected chi connectivity index (χ0v) is 18.8. The van der Waals surface area contributed by atoms with Crippen molar-refractivity contribution in [1.82, 2.24) is 4.98 Å². The van der Waals surface area contributed by atoms with E-state index in [-0.39, 0.29) is 10.8 Å². The Labute approximate surface area is 175 Å². The Bertz CT molecular complexity index is 1050. The Morgan fingerprint density at radius 1 is 0.897 bits per heavy atom. The van der Waals surface area contributed by atoms with Crippen molar-refractivity contribution in [2.75, 3.05) is 5.75 Å². The molecule has 0 saturated carbocycles. The average molecular weight is 422 g/mol. The fourth-order valence-corrected chi connectivity index (χ4v) is 7.47. The smallest absolute Gasteiger partial charge is 0.199 e. The van der Waals surface area contributed by atoms with Crippen LogP contribution in [0.3, 0.4) is 0 Å². The van der Waals surface area contributed by atoms with Gasteiger partial charge in [0, 0.05) is 6.20 Å². The summed E-state index contributed by atoms with van der Waals surface area (Å²) in [5.74, 6) is -0.0165. The maximum atomic E-state index is 12.8. The Morgan fingerprint density at radius 3 is 2.14 bits per heavy atom. The van der Waals surface area contributed by atoms with Crippen molar-refractivity contribution in [3.05, 3.63) is 102 Å². The minimum Gasteiger partial charge on any atom is -0.245 e. The van der Waals surface area contributed by atoms with Crippen LogP contribution in [0.4, 0.5) is 0 Å². The molecule has 1 aromatic heterocycles. The predicted octanol–water partition coefficient (Wildman–Crippen LogP) is 4.57. The van der Waals surface area contributed by atoms with Crippen molar-refractivity contribution in [3.63, 3.8) is 0 Å². The summed E-state index contributed by atoms with van der Waals surface area (Å²) in [6, 6.07) is 25.8. The first kappa shape index (κ1) is 21.2. The highest BCUT2D eigenvalue weighted by atomic mass is 32.2. The van der Waals surface area contributed by atoms with Crippen LogP contribution in [0.1, 0.15) is 12.0 Å². The van der Waals surface area contributed by atoms with Gasteiger partial charge in [0.1, 0.15) is 8.07 Å². The summed E-state index contributed by atoms with van der Waals surface area (Å²) in [5.41, 5.74) is 1.27. The van der Waals surface area contributed by atoms with Gasteiger partial charge < -0.3 is 0 Å². The lowest BCUT2D eigenvalue weighted by Crippen LogP contribution is -2.44. The second-order valence-electron chi connectivity index (χ2n) is 7.66. The van der Waals surface area contributed by atoms with Gasteiger partial charge in [-0.2, -0.15) is 0 Å². The number of hydrogen-bond acceptors (Lipinski definition) is 3. The van der Waals surface area contributed by atoms with Gasteiger partial charge in [-0.1, -0.05) is 96.3 Å². The number of pyridine rings is 1. The molecule has 0 fully saturated rings. The molecule has 3 nitrogen and oxygen atoms in total. The minimum absolute atomic E-state index is 0.0165. The highest BCUT2D eigenvalue weighted by molar-refractivity contribution is 7.91. The molecule has 0 amide bonds. The molecule has 0 atom stereocenters. The molecule has 0 aliphatic heterocycles. The van der Waals surface area contributed by atoms with E-state index in [9.17, 15) is 8.42 Å². The summed E-state index contributed by atoms with van der Waals surface area (Å²) >= 11 is 0. The minimum atomic E-state index is -3.45. The number of allylic oxidation sites excluding steroid dienone is 1. The molecular formula is C24H27NO2SSi. The number of nitrogens with zero attached hydrogens (tertiary/aromatic N) is 1. The van der Waals surface area contributed by atoms with Crippen LogP contribution in [0, 0.1) is 0 Å². The quantitative estimate of drug-likeness (QED) is 0.501. The molecule has 0 spiro atoms. The van der Waals surface area contributed by atoms with Crippen LogP contribution in [-0.2, 0) is 16.3 Å².